The van der Waals surface area contributed by atoms with E-state index < -0.39 is 11.9 Å². The molecular formula is C38H70N4O4+2. The third kappa shape index (κ3) is 8.67. The average Bonchev–Trinajstić information content (AvgIpc) is 3.76. The van der Waals surface area contributed by atoms with Gasteiger partial charge in [-0.2, -0.15) is 0 Å². The Morgan fingerprint density at radius 3 is 1.11 bits per heavy atom. The van der Waals surface area contributed by atoms with Crippen LogP contribution < -0.4 is 0 Å². The number of quaternary nitrogens is 2. The number of carbonyl (C=O) groups is 2. The van der Waals surface area contributed by atoms with E-state index in [4.69, 9.17) is 0 Å². The number of likely N-dealkylation sites (tertiary alicyclic amines) is 2. The second kappa shape index (κ2) is 16.0. The van der Waals surface area contributed by atoms with Crippen LogP contribution in [0, 0.1) is 47.3 Å². The van der Waals surface area contributed by atoms with Gasteiger partial charge in [-0.1, -0.05) is 40.5 Å². The van der Waals surface area contributed by atoms with Gasteiger partial charge in [0.25, 0.3) is 0 Å². The Morgan fingerprint density at radius 2 is 0.804 bits per heavy atom. The number of carboxylic acid groups (broad SMARTS) is 2. The molecule has 5 aliphatic heterocycles. The van der Waals surface area contributed by atoms with Crippen LogP contribution in [0.25, 0.3) is 0 Å². The van der Waals surface area contributed by atoms with Crippen molar-refractivity contribution in [1.82, 2.24) is 9.80 Å². The van der Waals surface area contributed by atoms with Gasteiger partial charge in [0.2, 0.25) is 0 Å². The van der Waals surface area contributed by atoms with E-state index in [1.54, 1.807) is 0 Å². The van der Waals surface area contributed by atoms with Crippen LogP contribution in [-0.4, -0.2) is 133 Å². The Labute approximate surface area is 281 Å². The first-order valence-electron chi connectivity index (χ1n) is 19.7. The SMILES string of the molecule is CCCC1CN(CC(=O)O)CC1CCC1C[N+]2(CC[N+]3(CC2)CC(CC)C(CC)C3)CC1CCC1CN(CC(=O)O)CC1CCC. The van der Waals surface area contributed by atoms with Crippen LogP contribution in [0.1, 0.15) is 91.9 Å². The van der Waals surface area contributed by atoms with Crippen LogP contribution in [0.5, 0.6) is 0 Å². The zero-order valence-electron chi connectivity index (χ0n) is 30.1. The molecule has 8 atom stereocenters. The van der Waals surface area contributed by atoms with Crippen LogP contribution >= 0.6 is 0 Å². The van der Waals surface area contributed by atoms with Gasteiger partial charge in [0, 0.05) is 49.9 Å². The number of piperazine rings is 1. The first-order chi connectivity index (χ1) is 22.1. The van der Waals surface area contributed by atoms with Crippen molar-refractivity contribution in [3.8, 4) is 0 Å². The van der Waals surface area contributed by atoms with Gasteiger partial charge < -0.3 is 19.2 Å². The minimum atomic E-state index is -0.688. The smallest absolute Gasteiger partial charge is 0.317 e. The molecule has 0 aliphatic carbocycles. The monoisotopic (exact) mass is 647 g/mol. The highest BCUT2D eigenvalue weighted by molar-refractivity contribution is 5.69. The van der Waals surface area contributed by atoms with Crippen molar-refractivity contribution in [3.63, 3.8) is 0 Å². The lowest BCUT2D eigenvalue weighted by molar-refractivity contribution is -1.02. The molecule has 0 aromatic rings. The van der Waals surface area contributed by atoms with Crippen LogP contribution in [0.2, 0.25) is 0 Å². The van der Waals surface area contributed by atoms with Crippen molar-refractivity contribution in [2.75, 3.05) is 91.6 Å². The highest BCUT2D eigenvalue weighted by Gasteiger charge is 2.53. The lowest BCUT2D eigenvalue weighted by Gasteiger charge is -2.47. The molecule has 0 radical (unpaired) electrons. The van der Waals surface area contributed by atoms with E-state index in [1.165, 1.54) is 126 Å². The van der Waals surface area contributed by atoms with Gasteiger partial charge in [-0.3, -0.25) is 19.4 Å². The molecule has 0 aromatic carbocycles. The maximum Gasteiger partial charge on any atom is 0.317 e. The van der Waals surface area contributed by atoms with Crippen molar-refractivity contribution in [2.45, 2.75) is 91.9 Å². The van der Waals surface area contributed by atoms with Gasteiger partial charge in [-0.25, -0.2) is 0 Å². The molecule has 46 heavy (non-hydrogen) atoms. The van der Waals surface area contributed by atoms with Gasteiger partial charge in [0.05, 0.1) is 39.3 Å². The summed E-state index contributed by atoms with van der Waals surface area (Å²) in [5.41, 5.74) is 0. The maximum absolute atomic E-state index is 11.5. The lowest BCUT2D eigenvalue weighted by Crippen LogP contribution is -2.65. The molecule has 0 bridgehead atoms. The summed E-state index contributed by atoms with van der Waals surface area (Å²) in [6.07, 6.45) is 12.6. The third-order valence-corrected chi connectivity index (χ3v) is 14.1. The second-order valence-corrected chi connectivity index (χ2v) is 17.1. The molecule has 5 rings (SSSR count). The van der Waals surface area contributed by atoms with Gasteiger partial charge >= 0.3 is 11.9 Å². The van der Waals surface area contributed by atoms with Gasteiger partial charge in [0.15, 0.2) is 0 Å². The molecule has 5 saturated heterocycles. The van der Waals surface area contributed by atoms with Gasteiger partial charge in [-0.15, -0.1) is 0 Å². The van der Waals surface area contributed by atoms with Crippen LogP contribution in [0.15, 0.2) is 0 Å². The number of rotatable bonds is 16. The highest BCUT2D eigenvalue weighted by atomic mass is 16.4. The molecular weight excluding hydrogens is 576 g/mol. The molecule has 2 N–H and O–H groups in total. The summed E-state index contributed by atoms with van der Waals surface area (Å²) in [6, 6.07) is 0. The fourth-order valence-electron chi connectivity index (χ4n) is 11.7. The third-order valence-electron chi connectivity index (χ3n) is 14.1. The fraction of sp³-hybridized carbons (Fsp3) is 0.947. The summed E-state index contributed by atoms with van der Waals surface area (Å²) >= 11 is 0. The standard InChI is InChI=1S/C38H68N4O4/c1-5-9-31-19-39(23-37(43)44)21-33(31)11-13-35-27-42(17-15-41(16-18-42)25-29(7-3)30(8-4)26-41)28-36(35)14-12-34-22-40(24-38(45)46)20-32(34)10-6-2/h29-36H,5-28H2,1-4H3/p+2. The molecule has 0 aromatic heterocycles. The topological polar surface area (TPSA) is 81.1 Å². The number of hydrogen-bond acceptors (Lipinski definition) is 4. The number of hydrogen-bond donors (Lipinski definition) is 2. The summed E-state index contributed by atoms with van der Waals surface area (Å²) in [4.78, 5) is 27.4. The molecule has 5 fully saturated rings. The van der Waals surface area contributed by atoms with Crippen molar-refractivity contribution in [2.24, 2.45) is 47.3 Å². The number of carboxylic acids is 2. The summed E-state index contributed by atoms with van der Waals surface area (Å²) in [5.74, 6) is 4.58. The number of aliphatic carboxylic acids is 2. The lowest BCUT2D eigenvalue weighted by atomic mass is 9.80. The largest absolute Gasteiger partial charge is 0.480 e. The van der Waals surface area contributed by atoms with Crippen molar-refractivity contribution < 1.29 is 28.8 Å². The highest BCUT2D eigenvalue weighted by Crippen LogP contribution is 2.44. The Hall–Kier alpha value is -1.22. The Balaban J connectivity index is 1.25. The van der Waals surface area contributed by atoms with E-state index in [2.05, 4.69) is 37.5 Å². The summed E-state index contributed by atoms with van der Waals surface area (Å²) in [5, 5.41) is 18.9. The van der Waals surface area contributed by atoms with Crippen LogP contribution in [0.4, 0.5) is 0 Å². The molecule has 8 nitrogen and oxygen atoms in total. The Bertz CT molecular complexity index is 929. The van der Waals surface area contributed by atoms with Crippen LogP contribution in [-0.2, 0) is 9.59 Å². The van der Waals surface area contributed by atoms with Crippen LogP contribution in [0.3, 0.4) is 0 Å². The molecule has 2 spiro atoms. The van der Waals surface area contributed by atoms with Crippen molar-refractivity contribution in [3.05, 3.63) is 0 Å². The quantitative estimate of drug-likeness (QED) is 0.220. The first-order valence-corrected chi connectivity index (χ1v) is 19.7. The molecule has 5 heterocycles. The van der Waals surface area contributed by atoms with E-state index >= 15 is 0 Å². The zero-order valence-corrected chi connectivity index (χ0v) is 30.1. The summed E-state index contributed by atoms with van der Waals surface area (Å²) < 4.78 is 2.75. The van der Waals surface area contributed by atoms with Crippen molar-refractivity contribution in [1.29, 1.82) is 0 Å². The normalized spacial score (nSPS) is 40.1. The molecule has 0 saturated carbocycles. The van der Waals surface area contributed by atoms with Crippen molar-refractivity contribution >= 4 is 11.9 Å². The molecule has 8 unspecified atom stereocenters. The van der Waals surface area contributed by atoms with E-state index in [0.717, 1.165) is 49.9 Å². The predicted molar refractivity (Wildman–Crippen MR) is 184 cm³/mol. The first kappa shape index (κ1) is 36.1. The van der Waals surface area contributed by atoms with Gasteiger partial charge in [-0.05, 0) is 75.0 Å². The maximum atomic E-state index is 11.5. The van der Waals surface area contributed by atoms with E-state index in [0.29, 0.717) is 23.7 Å². The Kier molecular flexibility index (Phi) is 12.5. The van der Waals surface area contributed by atoms with E-state index in [1.807, 2.05) is 0 Å². The molecule has 5 aliphatic rings. The molecule has 0 amide bonds. The van der Waals surface area contributed by atoms with E-state index in [-0.39, 0.29) is 13.1 Å². The molecule has 8 heteroatoms. The minimum absolute atomic E-state index is 0.194. The van der Waals surface area contributed by atoms with E-state index in [9.17, 15) is 19.8 Å². The summed E-state index contributed by atoms with van der Waals surface area (Å²) in [6.45, 7) is 24.7. The summed E-state index contributed by atoms with van der Waals surface area (Å²) in [7, 11) is 0. The molecule has 264 valence electrons. The zero-order chi connectivity index (χ0) is 32.9. The predicted octanol–water partition coefficient (Wildman–Crippen LogP) is 5.37. The fourth-order valence-corrected chi connectivity index (χ4v) is 11.7. The van der Waals surface area contributed by atoms with Gasteiger partial charge in [0.1, 0.15) is 26.2 Å². The minimum Gasteiger partial charge on any atom is -0.480 e. The Morgan fingerprint density at radius 1 is 0.500 bits per heavy atom. The second-order valence-electron chi connectivity index (χ2n) is 17.1. The average molecular weight is 647 g/mol. The number of nitrogens with zero attached hydrogens (tertiary/aromatic N) is 4.